The van der Waals surface area contributed by atoms with Crippen LogP contribution in [0.1, 0.15) is 90.9 Å². The summed E-state index contributed by atoms with van der Waals surface area (Å²) in [5.41, 5.74) is 0. The monoisotopic (exact) mass is 336 g/mol. The summed E-state index contributed by atoms with van der Waals surface area (Å²) in [4.78, 5) is 0. The van der Waals surface area contributed by atoms with Gasteiger partial charge in [0, 0.05) is 6.61 Å². The number of hydrogen-bond donors (Lipinski definition) is 0. The van der Waals surface area contributed by atoms with Gasteiger partial charge in [0.1, 0.15) is 0 Å². The molecule has 0 aromatic carbocycles. The van der Waals surface area contributed by atoms with E-state index in [0.717, 1.165) is 36.9 Å². The molecule has 0 bridgehead atoms. The van der Waals surface area contributed by atoms with Gasteiger partial charge >= 0.3 is 0 Å². The average molecular weight is 337 g/mol. The van der Waals surface area contributed by atoms with Crippen LogP contribution in [0.25, 0.3) is 0 Å². The predicted octanol–water partition coefficient (Wildman–Crippen LogP) is 5.98. The molecule has 24 heavy (non-hydrogen) atoms. The van der Waals surface area contributed by atoms with Crippen LogP contribution in [-0.2, 0) is 9.47 Å². The van der Waals surface area contributed by atoms with Gasteiger partial charge in [0.05, 0.1) is 18.8 Å². The minimum absolute atomic E-state index is 0.543. The van der Waals surface area contributed by atoms with Gasteiger partial charge in [0.25, 0.3) is 0 Å². The van der Waals surface area contributed by atoms with Crippen molar-refractivity contribution in [1.29, 1.82) is 0 Å². The van der Waals surface area contributed by atoms with E-state index in [1.54, 1.807) is 0 Å². The van der Waals surface area contributed by atoms with E-state index in [2.05, 4.69) is 13.8 Å². The summed E-state index contributed by atoms with van der Waals surface area (Å²) < 4.78 is 12.2. The highest BCUT2D eigenvalue weighted by atomic mass is 16.5. The Morgan fingerprint density at radius 2 is 1.42 bits per heavy atom. The van der Waals surface area contributed by atoms with Crippen molar-refractivity contribution in [2.45, 2.75) is 103 Å². The van der Waals surface area contributed by atoms with Crippen molar-refractivity contribution in [1.82, 2.24) is 0 Å². The predicted molar refractivity (Wildman–Crippen MR) is 100 cm³/mol. The molecular weight excluding hydrogens is 296 g/mol. The minimum Gasteiger partial charge on any atom is -0.379 e. The molecule has 1 aliphatic heterocycles. The van der Waals surface area contributed by atoms with Crippen LogP contribution in [0.15, 0.2) is 0 Å². The fraction of sp³-hybridized carbons (Fsp3) is 1.00. The Morgan fingerprint density at radius 3 is 2.00 bits per heavy atom. The van der Waals surface area contributed by atoms with Crippen LogP contribution < -0.4 is 0 Å². The van der Waals surface area contributed by atoms with Crippen LogP contribution >= 0.6 is 0 Å². The first kappa shape index (κ1) is 18.7. The Balaban J connectivity index is 1.36. The quantitative estimate of drug-likeness (QED) is 0.593. The SMILES string of the molecule is CCCC1CCC(C2CCC(C3CCC(OCC)CC3)CO2)CC1. The molecule has 1 heterocycles. The molecule has 0 spiro atoms. The zero-order chi connectivity index (χ0) is 16.8. The van der Waals surface area contributed by atoms with E-state index in [9.17, 15) is 0 Å². The van der Waals surface area contributed by atoms with Gasteiger partial charge in [-0.25, -0.2) is 0 Å². The third-order valence-electron chi connectivity index (χ3n) is 7.25. The van der Waals surface area contributed by atoms with Gasteiger partial charge in [-0.1, -0.05) is 32.6 Å². The largest absolute Gasteiger partial charge is 0.379 e. The van der Waals surface area contributed by atoms with Gasteiger partial charge in [-0.2, -0.15) is 0 Å². The van der Waals surface area contributed by atoms with Crippen LogP contribution in [0.3, 0.4) is 0 Å². The molecule has 2 heteroatoms. The topological polar surface area (TPSA) is 18.5 Å². The maximum atomic E-state index is 6.42. The van der Waals surface area contributed by atoms with Crippen LogP contribution in [0.4, 0.5) is 0 Å². The normalized spacial score (nSPS) is 41.2. The second-order valence-electron chi connectivity index (χ2n) is 8.77. The summed E-state index contributed by atoms with van der Waals surface area (Å²) in [6.07, 6.45) is 17.8. The Labute approximate surface area is 150 Å². The highest BCUT2D eigenvalue weighted by Gasteiger charge is 2.35. The van der Waals surface area contributed by atoms with E-state index < -0.39 is 0 Å². The molecular formula is C22H40O2. The Bertz CT molecular complexity index is 298. The molecule has 140 valence electrons. The van der Waals surface area contributed by atoms with Gasteiger partial charge in [-0.3, -0.25) is 0 Å². The maximum Gasteiger partial charge on any atom is 0.0603 e. The summed E-state index contributed by atoms with van der Waals surface area (Å²) >= 11 is 0. The summed E-state index contributed by atoms with van der Waals surface area (Å²) in [5.74, 6) is 3.62. The van der Waals surface area contributed by atoms with Crippen molar-refractivity contribution in [2.75, 3.05) is 13.2 Å². The van der Waals surface area contributed by atoms with E-state index in [0.29, 0.717) is 12.2 Å². The highest BCUT2D eigenvalue weighted by Crippen LogP contribution is 2.41. The first-order valence-electron chi connectivity index (χ1n) is 11.0. The smallest absolute Gasteiger partial charge is 0.0603 e. The molecule has 2 nitrogen and oxygen atoms in total. The van der Waals surface area contributed by atoms with Crippen LogP contribution in [0, 0.1) is 23.7 Å². The first-order valence-corrected chi connectivity index (χ1v) is 11.0. The Morgan fingerprint density at radius 1 is 0.750 bits per heavy atom. The van der Waals surface area contributed by atoms with Gasteiger partial charge < -0.3 is 9.47 Å². The second kappa shape index (κ2) is 9.57. The summed E-state index contributed by atoms with van der Waals surface area (Å²) in [5, 5.41) is 0. The van der Waals surface area contributed by atoms with Crippen molar-refractivity contribution in [2.24, 2.45) is 23.7 Å². The molecule has 3 rings (SSSR count). The molecule has 0 aromatic heterocycles. The van der Waals surface area contributed by atoms with Crippen LogP contribution in [0.5, 0.6) is 0 Å². The van der Waals surface area contributed by atoms with E-state index in [-0.39, 0.29) is 0 Å². The van der Waals surface area contributed by atoms with Crippen LogP contribution in [0.2, 0.25) is 0 Å². The van der Waals surface area contributed by atoms with E-state index in [4.69, 9.17) is 9.47 Å². The molecule has 2 unspecified atom stereocenters. The van der Waals surface area contributed by atoms with Crippen LogP contribution in [-0.4, -0.2) is 25.4 Å². The fourth-order valence-electron chi connectivity index (χ4n) is 5.76. The standard InChI is InChI=1S/C22H40O2/c1-3-5-17-6-8-19(9-7-17)22-15-12-20(16-24-22)18-10-13-21(14-11-18)23-4-2/h17-22H,3-16H2,1-2H3. The molecule has 1 saturated heterocycles. The van der Waals surface area contributed by atoms with Crippen molar-refractivity contribution >= 4 is 0 Å². The number of hydrogen-bond acceptors (Lipinski definition) is 2. The van der Waals surface area contributed by atoms with Gasteiger partial charge in [0.15, 0.2) is 0 Å². The number of ether oxygens (including phenoxy) is 2. The molecule has 0 N–H and O–H groups in total. The lowest BCUT2D eigenvalue weighted by molar-refractivity contribution is -0.0783. The zero-order valence-corrected chi connectivity index (χ0v) is 16.2. The molecule has 0 amide bonds. The molecule has 2 atom stereocenters. The molecule has 3 aliphatic rings. The summed E-state index contributed by atoms with van der Waals surface area (Å²) in [7, 11) is 0. The van der Waals surface area contributed by atoms with Gasteiger partial charge in [-0.05, 0) is 82.0 Å². The lowest BCUT2D eigenvalue weighted by Gasteiger charge is -2.41. The maximum absolute atomic E-state index is 6.42. The average Bonchev–Trinajstić information content (AvgIpc) is 2.64. The molecule has 2 saturated carbocycles. The van der Waals surface area contributed by atoms with E-state index >= 15 is 0 Å². The van der Waals surface area contributed by atoms with E-state index in [1.165, 1.54) is 77.0 Å². The van der Waals surface area contributed by atoms with E-state index in [1.807, 2.05) is 0 Å². The van der Waals surface area contributed by atoms with Crippen molar-refractivity contribution in [3.63, 3.8) is 0 Å². The summed E-state index contributed by atoms with van der Waals surface area (Å²) in [6, 6.07) is 0. The highest BCUT2D eigenvalue weighted by molar-refractivity contribution is 4.85. The lowest BCUT2D eigenvalue weighted by atomic mass is 9.73. The molecule has 0 aromatic rings. The number of rotatable bonds is 6. The van der Waals surface area contributed by atoms with Crippen molar-refractivity contribution in [3.8, 4) is 0 Å². The second-order valence-corrected chi connectivity index (χ2v) is 8.77. The fourth-order valence-corrected chi connectivity index (χ4v) is 5.76. The van der Waals surface area contributed by atoms with Gasteiger partial charge in [-0.15, -0.1) is 0 Å². The molecule has 0 radical (unpaired) electrons. The van der Waals surface area contributed by atoms with Crippen molar-refractivity contribution < 1.29 is 9.47 Å². The van der Waals surface area contributed by atoms with Gasteiger partial charge in [0.2, 0.25) is 0 Å². The third-order valence-corrected chi connectivity index (χ3v) is 7.25. The minimum atomic E-state index is 0.543. The Kier molecular flexibility index (Phi) is 7.46. The third kappa shape index (κ3) is 4.97. The Hall–Kier alpha value is -0.0800. The zero-order valence-electron chi connectivity index (χ0n) is 16.2. The summed E-state index contributed by atoms with van der Waals surface area (Å²) in [6.45, 7) is 6.38. The lowest BCUT2D eigenvalue weighted by Crippen LogP contribution is -2.37. The van der Waals surface area contributed by atoms with Crippen molar-refractivity contribution in [3.05, 3.63) is 0 Å². The molecule has 3 fully saturated rings. The molecule has 2 aliphatic carbocycles. The first-order chi connectivity index (χ1) is 11.8.